The summed E-state index contributed by atoms with van der Waals surface area (Å²) in [6.45, 7) is 1.99. The van der Waals surface area contributed by atoms with Crippen LogP contribution in [-0.2, 0) is 19.0 Å². The van der Waals surface area contributed by atoms with Gasteiger partial charge in [0.15, 0.2) is 0 Å². The van der Waals surface area contributed by atoms with E-state index in [0.717, 1.165) is 38.9 Å². The van der Waals surface area contributed by atoms with E-state index in [9.17, 15) is 4.79 Å². The van der Waals surface area contributed by atoms with Gasteiger partial charge in [-0.2, -0.15) is 0 Å². The Morgan fingerprint density at radius 2 is 1.80 bits per heavy atom. The van der Waals surface area contributed by atoms with Crippen LogP contribution in [0.25, 0.3) is 0 Å². The molecular weight excluding hydrogens is 196 g/mol. The van der Waals surface area contributed by atoms with Gasteiger partial charge in [-0.15, -0.1) is 0 Å². The molecule has 2 fully saturated rings. The van der Waals surface area contributed by atoms with Crippen LogP contribution in [0, 0.1) is 0 Å². The molecule has 4 nitrogen and oxygen atoms in total. The average Bonchev–Trinajstić information content (AvgIpc) is 2.86. The molecule has 15 heavy (non-hydrogen) atoms. The minimum atomic E-state index is -0.155. The molecule has 0 aromatic carbocycles. The second-order valence-corrected chi connectivity index (χ2v) is 4.16. The summed E-state index contributed by atoms with van der Waals surface area (Å²) in [6, 6.07) is 0. The second kappa shape index (κ2) is 5.47. The first-order valence-corrected chi connectivity index (χ1v) is 5.73. The Hall–Kier alpha value is -0.610. The van der Waals surface area contributed by atoms with Crippen molar-refractivity contribution >= 4 is 5.97 Å². The maximum absolute atomic E-state index is 11.4. The van der Waals surface area contributed by atoms with Crippen molar-refractivity contribution in [3.63, 3.8) is 0 Å². The maximum atomic E-state index is 11.4. The van der Waals surface area contributed by atoms with E-state index >= 15 is 0 Å². The summed E-state index contributed by atoms with van der Waals surface area (Å²) >= 11 is 0. The Morgan fingerprint density at radius 3 is 2.40 bits per heavy atom. The summed E-state index contributed by atoms with van der Waals surface area (Å²) in [7, 11) is 0. The van der Waals surface area contributed by atoms with Crippen molar-refractivity contribution in [2.24, 2.45) is 0 Å². The number of esters is 1. The first-order valence-electron chi connectivity index (χ1n) is 5.73. The molecule has 0 N–H and O–H groups in total. The van der Waals surface area contributed by atoms with Gasteiger partial charge < -0.3 is 14.2 Å². The van der Waals surface area contributed by atoms with E-state index in [1.165, 1.54) is 0 Å². The number of ether oxygens (including phenoxy) is 3. The van der Waals surface area contributed by atoms with Crippen LogP contribution in [0.4, 0.5) is 0 Å². The second-order valence-electron chi connectivity index (χ2n) is 4.16. The third kappa shape index (κ3) is 3.47. The molecule has 86 valence electrons. The van der Waals surface area contributed by atoms with Gasteiger partial charge in [-0.3, -0.25) is 4.79 Å². The molecule has 2 unspecified atom stereocenters. The van der Waals surface area contributed by atoms with Crippen LogP contribution >= 0.6 is 0 Å². The normalized spacial score (nSPS) is 30.7. The molecule has 2 rings (SSSR count). The van der Waals surface area contributed by atoms with E-state index in [0.29, 0.717) is 13.0 Å². The minimum Gasteiger partial charge on any atom is -0.463 e. The van der Waals surface area contributed by atoms with Gasteiger partial charge >= 0.3 is 5.97 Å². The van der Waals surface area contributed by atoms with Gasteiger partial charge in [0, 0.05) is 13.2 Å². The summed E-state index contributed by atoms with van der Waals surface area (Å²) in [4.78, 5) is 11.4. The lowest BCUT2D eigenvalue weighted by atomic mass is 10.2. The fourth-order valence-corrected chi connectivity index (χ4v) is 2.01. The van der Waals surface area contributed by atoms with Crippen LogP contribution in [-0.4, -0.2) is 38.0 Å². The zero-order valence-electron chi connectivity index (χ0n) is 8.94. The first kappa shape index (κ1) is 10.9. The zero-order valence-corrected chi connectivity index (χ0v) is 8.94. The molecule has 0 amide bonds. The zero-order chi connectivity index (χ0) is 10.5. The third-order valence-corrected chi connectivity index (χ3v) is 2.87. The number of carbonyl (C=O) groups excluding carboxylic acids is 1. The van der Waals surface area contributed by atoms with Crippen molar-refractivity contribution in [1.29, 1.82) is 0 Å². The van der Waals surface area contributed by atoms with Crippen LogP contribution < -0.4 is 0 Å². The number of hydrogen-bond acceptors (Lipinski definition) is 4. The van der Waals surface area contributed by atoms with Gasteiger partial charge in [0.1, 0.15) is 6.61 Å². The number of hydrogen-bond donors (Lipinski definition) is 0. The Kier molecular flexibility index (Phi) is 3.97. The highest BCUT2D eigenvalue weighted by atomic mass is 16.6. The van der Waals surface area contributed by atoms with Gasteiger partial charge in [0.25, 0.3) is 0 Å². The Morgan fingerprint density at radius 1 is 1.13 bits per heavy atom. The Labute approximate surface area is 89.9 Å². The van der Waals surface area contributed by atoms with Gasteiger partial charge in [-0.1, -0.05) is 0 Å². The third-order valence-electron chi connectivity index (χ3n) is 2.87. The van der Waals surface area contributed by atoms with Crippen molar-refractivity contribution in [1.82, 2.24) is 0 Å². The van der Waals surface area contributed by atoms with Crippen molar-refractivity contribution in [3.05, 3.63) is 0 Å². The standard InChI is InChI=1S/C11H18O4/c12-11(7-9-3-1-5-13-9)15-8-10-4-2-6-14-10/h9-10H,1-8H2. The summed E-state index contributed by atoms with van der Waals surface area (Å²) in [5.74, 6) is -0.155. The molecule has 0 saturated carbocycles. The number of carbonyl (C=O) groups is 1. The molecule has 2 aliphatic heterocycles. The molecule has 2 atom stereocenters. The van der Waals surface area contributed by atoms with Crippen molar-refractivity contribution in [3.8, 4) is 0 Å². The smallest absolute Gasteiger partial charge is 0.308 e. The molecule has 0 spiro atoms. The predicted molar refractivity (Wildman–Crippen MR) is 53.5 cm³/mol. The lowest BCUT2D eigenvalue weighted by Crippen LogP contribution is -2.21. The molecule has 0 aromatic rings. The molecule has 2 saturated heterocycles. The topological polar surface area (TPSA) is 44.8 Å². The lowest BCUT2D eigenvalue weighted by molar-refractivity contribution is -0.149. The van der Waals surface area contributed by atoms with Crippen LogP contribution in [0.1, 0.15) is 32.1 Å². The maximum Gasteiger partial charge on any atom is 0.308 e. The fourth-order valence-electron chi connectivity index (χ4n) is 2.01. The highest BCUT2D eigenvalue weighted by molar-refractivity contribution is 5.70. The lowest BCUT2D eigenvalue weighted by Gasteiger charge is -2.12. The molecule has 0 aliphatic carbocycles. The van der Waals surface area contributed by atoms with Crippen LogP contribution in [0.15, 0.2) is 0 Å². The van der Waals surface area contributed by atoms with Crippen molar-refractivity contribution in [2.45, 2.75) is 44.3 Å². The van der Waals surface area contributed by atoms with E-state index in [-0.39, 0.29) is 18.2 Å². The quantitative estimate of drug-likeness (QED) is 0.661. The van der Waals surface area contributed by atoms with E-state index in [1.54, 1.807) is 0 Å². The van der Waals surface area contributed by atoms with Crippen LogP contribution in [0.2, 0.25) is 0 Å². The molecule has 2 aliphatic rings. The molecule has 0 radical (unpaired) electrons. The SMILES string of the molecule is O=C(CC1CCCO1)OCC1CCCO1. The Bertz CT molecular complexity index is 205. The summed E-state index contributed by atoms with van der Waals surface area (Å²) in [5, 5.41) is 0. The molecule has 0 bridgehead atoms. The summed E-state index contributed by atoms with van der Waals surface area (Å²) < 4.78 is 15.9. The fraction of sp³-hybridized carbons (Fsp3) is 0.909. The minimum absolute atomic E-state index is 0.0852. The van der Waals surface area contributed by atoms with Gasteiger partial charge in [-0.25, -0.2) is 0 Å². The molecule has 2 heterocycles. The first-order chi connectivity index (χ1) is 7.34. The Balaban J connectivity index is 1.59. The van der Waals surface area contributed by atoms with E-state index in [1.807, 2.05) is 0 Å². The highest BCUT2D eigenvalue weighted by Gasteiger charge is 2.22. The average molecular weight is 214 g/mol. The van der Waals surface area contributed by atoms with Crippen molar-refractivity contribution < 1.29 is 19.0 Å². The van der Waals surface area contributed by atoms with Crippen molar-refractivity contribution in [2.75, 3.05) is 19.8 Å². The molecule has 4 heteroatoms. The predicted octanol–water partition coefficient (Wildman–Crippen LogP) is 1.28. The van der Waals surface area contributed by atoms with E-state index in [2.05, 4.69) is 0 Å². The molecule has 0 aromatic heterocycles. The van der Waals surface area contributed by atoms with E-state index in [4.69, 9.17) is 14.2 Å². The summed E-state index contributed by atoms with van der Waals surface area (Å²) in [6.07, 6.45) is 4.73. The number of rotatable bonds is 4. The van der Waals surface area contributed by atoms with Gasteiger partial charge in [-0.05, 0) is 25.7 Å². The van der Waals surface area contributed by atoms with Crippen LogP contribution in [0.3, 0.4) is 0 Å². The van der Waals surface area contributed by atoms with Gasteiger partial charge in [0.2, 0.25) is 0 Å². The van der Waals surface area contributed by atoms with E-state index < -0.39 is 0 Å². The van der Waals surface area contributed by atoms with Gasteiger partial charge in [0.05, 0.1) is 18.6 Å². The monoisotopic (exact) mass is 214 g/mol. The van der Waals surface area contributed by atoms with Crippen LogP contribution in [0.5, 0.6) is 0 Å². The summed E-state index contributed by atoms with van der Waals surface area (Å²) in [5.41, 5.74) is 0. The molecular formula is C11H18O4. The largest absolute Gasteiger partial charge is 0.463 e. The highest BCUT2D eigenvalue weighted by Crippen LogP contribution is 2.16.